The molecule has 0 radical (unpaired) electrons. The average molecular weight is 233 g/mol. The Morgan fingerprint density at radius 1 is 1.12 bits per heavy atom. The van der Waals surface area contributed by atoms with Crippen LogP contribution in [0.15, 0.2) is 30.3 Å². The third-order valence-electron chi connectivity index (χ3n) is 3.10. The zero-order chi connectivity index (χ0) is 11.0. The van der Waals surface area contributed by atoms with Crippen LogP contribution in [0, 0.1) is 0 Å². The number of nitrogens with zero attached hydrogens (tertiary/aromatic N) is 2. The van der Waals surface area contributed by atoms with Crippen LogP contribution < -0.4 is 0 Å². The highest BCUT2D eigenvalue weighted by Crippen LogP contribution is 2.29. The van der Waals surface area contributed by atoms with Gasteiger partial charge in [0.25, 0.3) is 0 Å². The van der Waals surface area contributed by atoms with Crippen LogP contribution in [0.3, 0.4) is 0 Å². The summed E-state index contributed by atoms with van der Waals surface area (Å²) in [6.45, 7) is 1.04. The fraction of sp³-hybridized carbons (Fsp3) is 0.308. The van der Waals surface area contributed by atoms with E-state index < -0.39 is 0 Å². The first-order valence-electron chi connectivity index (χ1n) is 5.66. The van der Waals surface area contributed by atoms with Gasteiger partial charge in [0, 0.05) is 12.1 Å². The van der Waals surface area contributed by atoms with Crippen molar-refractivity contribution in [1.82, 2.24) is 9.55 Å². The summed E-state index contributed by atoms with van der Waals surface area (Å²) in [6.07, 6.45) is 3.50. The molecular weight excluding hydrogens is 220 g/mol. The van der Waals surface area contributed by atoms with Crippen molar-refractivity contribution < 1.29 is 0 Å². The van der Waals surface area contributed by atoms with E-state index in [2.05, 4.69) is 21.7 Å². The van der Waals surface area contributed by atoms with Crippen LogP contribution in [0.1, 0.15) is 18.5 Å². The van der Waals surface area contributed by atoms with E-state index in [1.165, 1.54) is 18.5 Å². The molecule has 2 aromatic rings. The van der Waals surface area contributed by atoms with E-state index in [1.807, 2.05) is 18.2 Å². The molecule has 0 unspecified atom stereocenters. The van der Waals surface area contributed by atoms with Crippen LogP contribution in [-0.2, 0) is 13.0 Å². The summed E-state index contributed by atoms with van der Waals surface area (Å²) in [5.41, 5.74) is 2.35. The summed E-state index contributed by atoms with van der Waals surface area (Å²) in [5, 5.41) is 0.679. The molecule has 0 saturated heterocycles. The summed E-state index contributed by atoms with van der Waals surface area (Å²) < 4.78 is 2.27. The van der Waals surface area contributed by atoms with Crippen molar-refractivity contribution in [1.29, 1.82) is 0 Å². The summed E-state index contributed by atoms with van der Waals surface area (Å²) in [6, 6.07) is 10.3. The SMILES string of the molecule is Clc1nc(-c2ccccc2)n2c1CCCC2. The van der Waals surface area contributed by atoms with Crippen molar-refractivity contribution in [3.63, 3.8) is 0 Å². The number of aromatic nitrogens is 2. The van der Waals surface area contributed by atoms with Crippen LogP contribution >= 0.6 is 11.6 Å². The Morgan fingerprint density at radius 3 is 2.75 bits per heavy atom. The Hall–Kier alpha value is -1.28. The lowest BCUT2D eigenvalue weighted by Crippen LogP contribution is -2.10. The molecule has 1 aromatic heterocycles. The maximum atomic E-state index is 6.18. The molecule has 0 atom stereocenters. The van der Waals surface area contributed by atoms with Crippen molar-refractivity contribution in [2.75, 3.05) is 0 Å². The largest absolute Gasteiger partial charge is 0.327 e. The minimum Gasteiger partial charge on any atom is -0.327 e. The molecule has 82 valence electrons. The van der Waals surface area contributed by atoms with Gasteiger partial charge in [0.1, 0.15) is 5.82 Å². The van der Waals surface area contributed by atoms with Crippen LogP contribution in [0.4, 0.5) is 0 Å². The van der Waals surface area contributed by atoms with Crippen LogP contribution in [0.25, 0.3) is 11.4 Å². The molecule has 16 heavy (non-hydrogen) atoms. The van der Waals surface area contributed by atoms with E-state index in [9.17, 15) is 0 Å². The fourth-order valence-corrected chi connectivity index (χ4v) is 2.58. The maximum Gasteiger partial charge on any atom is 0.150 e. The highest BCUT2D eigenvalue weighted by atomic mass is 35.5. The van der Waals surface area contributed by atoms with E-state index >= 15 is 0 Å². The number of hydrogen-bond acceptors (Lipinski definition) is 1. The lowest BCUT2D eigenvalue weighted by molar-refractivity contribution is 0.536. The second-order valence-corrected chi connectivity index (χ2v) is 4.51. The van der Waals surface area contributed by atoms with Crippen LogP contribution in [0.2, 0.25) is 5.15 Å². The predicted octanol–water partition coefficient (Wildman–Crippen LogP) is 3.54. The van der Waals surface area contributed by atoms with Gasteiger partial charge in [0.15, 0.2) is 5.15 Å². The minimum atomic E-state index is 0.679. The summed E-state index contributed by atoms with van der Waals surface area (Å²) in [7, 11) is 0. The number of hydrogen-bond donors (Lipinski definition) is 0. The van der Waals surface area contributed by atoms with E-state index in [0.717, 1.165) is 24.4 Å². The molecule has 0 aliphatic carbocycles. The zero-order valence-corrected chi connectivity index (χ0v) is 9.74. The summed E-state index contributed by atoms with van der Waals surface area (Å²) in [4.78, 5) is 4.49. The van der Waals surface area contributed by atoms with E-state index in [-0.39, 0.29) is 0 Å². The normalized spacial score (nSPS) is 14.8. The lowest BCUT2D eigenvalue weighted by Gasteiger charge is -2.16. The van der Waals surface area contributed by atoms with Gasteiger partial charge in [-0.15, -0.1) is 0 Å². The predicted molar refractivity (Wildman–Crippen MR) is 65.6 cm³/mol. The van der Waals surface area contributed by atoms with Gasteiger partial charge in [-0.2, -0.15) is 0 Å². The molecule has 0 spiro atoms. The second kappa shape index (κ2) is 3.95. The molecule has 2 heterocycles. The molecule has 3 heteroatoms. The van der Waals surface area contributed by atoms with Gasteiger partial charge < -0.3 is 4.57 Å². The molecule has 3 rings (SSSR count). The summed E-state index contributed by atoms with van der Waals surface area (Å²) in [5.74, 6) is 1.01. The minimum absolute atomic E-state index is 0.679. The first kappa shape index (κ1) is 9.91. The highest BCUT2D eigenvalue weighted by Gasteiger charge is 2.19. The quantitative estimate of drug-likeness (QED) is 0.736. The maximum absolute atomic E-state index is 6.18. The third-order valence-corrected chi connectivity index (χ3v) is 3.40. The molecule has 1 aliphatic heterocycles. The molecule has 0 bridgehead atoms. The van der Waals surface area contributed by atoms with Crippen molar-refractivity contribution in [2.45, 2.75) is 25.8 Å². The molecular formula is C13H13ClN2. The van der Waals surface area contributed by atoms with Crippen LogP contribution in [0.5, 0.6) is 0 Å². The molecule has 1 aromatic carbocycles. The molecule has 0 N–H and O–H groups in total. The van der Waals surface area contributed by atoms with Crippen molar-refractivity contribution >= 4 is 11.6 Å². The van der Waals surface area contributed by atoms with E-state index in [4.69, 9.17) is 11.6 Å². The Kier molecular flexibility index (Phi) is 2.44. The van der Waals surface area contributed by atoms with Crippen molar-refractivity contribution in [3.05, 3.63) is 41.2 Å². The Labute approximate surface area is 99.9 Å². The number of rotatable bonds is 1. The number of imidazole rings is 1. The Bertz CT molecular complexity index is 502. The number of halogens is 1. The van der Waals surface area contributed by atoms with Gasteiger partial charge in [0.05, 0.1) is 5.69 Å². The van der Waals surface area contributed by atoms with Gasteiger partial charge in [-0.1, -0.05) is 41.9 Å². The fourth-order valence-electron chi connectivity index (χ4n) is 2.31. The molecule has 0 fully saturated rings. The molecule has 0 saturated carbocycles. The summed E-state index contributed by atoms with van der Waals surface area (Å²) >= 11 is 6.18. The number of fused-ring (bicyclic) bond motifs is 1. The average Bonchev–Trinajstić information content (AvgIpc) is 2.69. The van der Waals surface area contributed by atoms with Gasteiger partial charge in [-0.3, -0.25) is 0 Å². The first-order chi connectivity index (χ1) is 7.86. The lowest BCUT2D eigenvalue weighted by atomic mass is 10.1. The third kappa shape index (κ3) is 1.54. The standard InChI is InChI=1S/C13H13ClN2/c14-12-11-8-4-5-9-16(11)13(15-12)10-6-2-1-3-7-10/h1-3,6-7H,4-5,8-9H2. The smallest absolute Gasteiger partial charge is 0.150 e. The molecule has 0 amide bonds. The van der Waals surface area contributed by atoms with Crippen molar-refractivity contribution in [3.8, 4) is 11.4 Å². The van der Waals surface area contributed by atoms with E-state index in [0.29, 0.717) is 5.15 Å². The molecule has 1 aliphatic rings. The Morgan fingerprint density at radius 2 is 1.94 bits per heavy atom. The topological polar surface area (TPSA) is 17.8 Å². The van der Waals surface area contributed by atoms with Crippen molar-refractivity contribution in [2.24, 2.45) is 0 Å². The van der Waals surface area contributed by atoms with Gasteiger partial charge in [0.2, 0.25) is 0 Å². The van der Waals surface area contributed by atoms with Gasteiger partial charge >= 0.3 is 0 Å². The van der Waals surface area contributed by atoms with Gasteiger partial charge in [-0.05, 0) is 19.3 Å². The zero-order valence-electron chi connectivity index (χ0n) is 8.99. The monoisotopic (exact) mass is 232 g/mol. The van der Waals surface area contributed by atoms with E-state index in [1.54, 1.807) is 0 Å². The molecule has 2 nitrogen and oxygen atoms in total. The second-order valence-electron chi connectivity index (χ2n) is 4.15. The number of benzene rings is 1. The van der Waals surface area contributed by atoms with Gasteiger partial charge in [-0.25, -0.2) is 4.98 Å². The van der Waals surface area contributed by atoms with Crippen LogP contribution in [-0.4, -0.2) is 9.55 Å². The first-order valence-corrected chi connectivity index (χ1v) is 6.04. The highest BCUT2D eigenvalue weighted by molar-refractivity contribution is 6.30. The Balaban J connectivity index is 2.15.